The van der Waals surface area contributed by atoms with Crippen LogP contribution in [0.2, 0.25) is 0 Å². The molecule has 1 N–H and O–H groups in total. The summed E-state index contributed by atoms with van der Waals surface area (Å²) in [6.07, 6.45) is -2.32. The Bertz CT molecular complexity index is 421. The van der Waals surface area contributed by atoms with Crippen LogP contribution < -0.4 is 5.32 Å². The third-order valence-electron chi connectivity index (χ3n) is 3.72. The Balaban J connectivity index is 2.42. The summed E-state index contributed by atoms with van der Waals surface area (Å²) >= 11 is 0. The van der Waals surface area contributed by atoms with E-state index in [1.54, 1.807) is 12.1 Å². The Labute approximate surface area is 105 Å². The maximum absolute atomic E-state index is 13.0. The summed E-state index contributed by atoms with van der Waals surface area (Å²) < 4.78 is 39.1. The van der Waals surface area contributed by atoms with Gasteiger partial charge in [0.1, 0.15) is 0 Å². The first-order chi connectivity index (χ1) is 8.38. The highest BCUT2D eigenvalue weighted by Gasteiger charge is 2.47. The van der Waals surface area contributed by atoms with Gasteiger partial charge in [0.15, 0.2) is 0 Å². The van der Waals surface area contributed by atoms with E-state index < -0.39 is 11.7 Å². The van der Waals surface area contributed by atoms with Crippen molar-refractivity contribution in [1.29, 1.82) is 0 Å². The van der Waals surface area contributed by atoms with Gasteiger partial charge in [-0.1, -0.05) is 32.0 Å². The van der Waals surface area contributed by atoms with Crippen molar-refractivity contribution >= 4 is 0 Å². The molecule has 1 aromatic carbocycles. The average Bonchev–Trinajstić information content (AvgIpc) is 3.04. The van der Waals surface area contributed by atoms with Crippen molar-refractivity contribution < 1.29 is 13.2 Å². The van der Waals surface area contributed by atoms with Crippen LogP contribution in [-0.2, 0) is 6.18 Å². The third kappa shape index (κ3) is 2.53. The number of halogens is 3. The maximum atomic E-state index is 13.0. The number of alkyl halides is 3. The molecule has 100 valence electrons. The van der Waals surface area contributed by atoms with Crippen LogP contribution in [0, 0.1) is 5.41 Å². The van der Waals surface area contributed by atoms with E-state index in [0.29, 0.717) is 12.1 Å². The Morgan fingerprint density at radius 1 is 1.28 bits per heavy atom. The van der Waals surface area contributed by atoms with E-state index in [-0.39, 0.29) is 11.5 Å². The minimum Gasteiger partial charge on any atom is -0.310 e. The van der Waals surface area contributed by atoms with E-state index in [2.05, 4.69) is 5.32 Å². The van der Waals surface area contributed by atoms with E-state index in [9.17, 15) is 13.2 Å². The summed E-state index contributed by atoms with van der Waals surface area (Å²) in [5.74, 6) is 0. The van der Waals surface area contributed by atoms with Gasteiger partial charge in [0, 0.05) is 6.04 Å². The fourth-order valence-corrected chi connectivity index (χ4v) is 2.43. The molecule has 0 amide bonds. The molecule has 0 saturated heterocycles. The smallest absolute Gasteiger partial charge is 0.310 e. The average molecular weight is 257 g/mol. The Hall–Kier alpha value is -1.03. The van der Waals surface area contributed by atoms with Gasteiger partial charge < -0.3 is 5.32 Å². The first-order valence-corrected chi connectivity index (χ1v) is 6.28. The molecule has 1 atom stereocenters. The highest BCUT2D eigenvalue weighted by Crippen LogP contribution is 2.55. The number of rotatable bonds is 4. The van der Waals surface area contributed by atoms with E-state index in [0.717, 1.165) is 12.8 Å². The summed E-state index contributed by atoms with van der Waals surface area (Å²) in [5.41, 5.74) is -0.159. The molecule has 1 unspecified atom stereocenters. The summed E-state index contributed by atoms with van der Waals surface area (Å²) in [4.78, 5) is 0. The predicted octanol–water partition coefficient (Wildman–Crippen LogP) is 4.16. The van der Waals surface area contributed by atoms with Gasteiger partial charge in [-0.2, -0.15) is 13.2 Å². The van der Waals surface area contributed by atoms with Crippen LogP contribution in [0.1, 0.15) is 43.9 Å². The molecule has 0 radical (unpaired) electrons. The van der Waals surface area contributed by atoms with Crippen LogP contribution in [0.15, 0.2) is 24.3 Å². The summed E-state index contributed by atoms with van der Waals surface area (Å²) in [6.45, 7) is 4.65. The normalized spacial score (nSPS) is 19.6. The van der Waals surface area contributed by atoms with E-state index in [1.807, 2.05) is 13.8 Å². The molecule has 4 heteroatoms. The van der Waals surface area contributed by atoms with E-state index >= 15 is 0 Å². The van der Waals surface area contributed by atoms with Crippen molar-refractivity contribution in [2.45, 2.75) is 38.9 Å². The molecule has 0 aliphatic heterocycles. The molecule has 1 aliphatic rings. The van der Waals surface area contributed by atoms with Crippen molar-refractivity contribution in [3.63, 3.8) is 0 Å². The van der Waals surface area contributed by atoms with Crippen LogP contribution in [-0.4, -0.2) is 6.54 Å². The predicted molar refractivity (Wildman–Crippen MR) is 65.2 cm³/mol. The summed E-state index contributed by atoms with van der Waals surface area (Å²) in [5, 5.41) is 3.21. The summed E-state index contributed by atoms with van der Waals surface area (Å²) in [6, 6.07) is 5.69. The van der Waals surface area contributed by atoms with Crippen molar-refractivity contribution in [3.8, 4) is 0 Å². The molecular weight excluding hydrogens is 239 g/mol. The highest BCUT2D eigenvalue weighted by atomic mass is 19.4. The Morgan fingerprint density at radius 3 is 2.39 bits per heavy atom. The van der Waals surface area contributed by atoms with Crippen LogP contribution in [0.5, 0.6) is 0 Å². The second-order valence-corrected chi connectivity index (χ2v) is 5.23. The highest BCUT2D eigenvalue weighted by molar-refractivity contribution is 5.34. The quantitative estimate of drug-likeness (QED) is 0.854. The second kappa shape index (κ2) is 4.57. The molecular formula is C14H18F3N. The van der Waals surface area contributed by atoms with Crippen molar-refractivity contribution in [1.82, 2.24) is 5.32 Å². The molecule has 0 spiro atoms. The maximum Gasteiger partial charge on any atom is 0.416 e. The molecule has 1 aliphatic carbocycles. The third-order valence-corrected chi connectivity index (χ3v) is 3.72. The minimum absolute atomic E-state index is 0.0304. The van der Waals surface area contributed by atoms with Crippen LogP contribution >= 0.6 is 0 Å². The van der Waals surface area contributed by atoms with E-state index in [4.69, 9.17) is 0 Å². The molecule has 1 fully saturated rings. The first-order valence-electron chi connectivity index (χ1n) is 6.28. The molecule has 1 nitrogen and oxygen atoms in total. The van der Waals surface area contributed by atoms with Crippen molar-refractivity contribution in [2.75, 3.05) is 6.54 Å². The first kappa shape index (κ1) is 13.4. The number of hydrogen-bond acceptors (Lipinski definition) is 1. The zero-order valence-electron chi connectivity index (χ0n) is 10.6. The van der Waals surface area contributed by atoms with Crippen molar-refractivity contribution in [3.05, 3.63) is 35.4 Å². The lowest BCUT2D eigenvalue weighted by molar-refractivity contribution is -0.138. The topological polar surface area (TPSA) is 12.0 Å². The lowest BCUT2D eigenvalue weighted by atomic mass is 9.88. The molecule has 0 heterocycles. The van der Waals surface area contributed by atoms with Crippen LogP contribution in [0.4, 0.5) is 13.2 Å². The minimum atomic E-state index is -4.28. The molecule has 1 saturated carbocycles. The van der Waals surface area contributed by atoms with Crippen LogP contribution in [0.25, 0.3) is 0 Å². The summed E-state index contributed by atoms with van der Waals surface area (Å²) in [7, 11) is 0. The Morgan fingerprint density at radius 2 is 1.89 bits per heavy atom. The molecule has 2 rings (SSSR count). The molecule has 18 heavy (non-hydrogen) atoms. The Kier molecular flexibility index (Phi) is 3.41. The number of nitrogens with one attached hydrogen (secondary N) is 1. The largest absolute Gasteiger partial charge is 0.416 e. The molecule has 0 aromatic heterocycles. The SMILES string of the molecule is CCNC(c1ccccc1C(F)(F)F)C1(C)CC1. The zero-order valence-corrected chi connectivity index (χ0v) is 10.6. The molecule has 1 aromatic rings. The van der Waals surface area contributed by atoms with E-state index in [1.165, 1.54) is 12.1 Å². The van der Waals surface area contributed by atoms with Crippen LogP contribution in [0.3, 0.4) is 0 Å². The van der Waals surface area contributed by atoms with Gasteiger partial charge in [-0.05, 0) is 36.4 Å². The number of benzene rings is 1. The monoisotopic (exact) mass is 257 g/mol. The molecule has 0 bridgehead atoms. The fraction of sp³-hybridized carbons (Fsp3) is 0.571. The lowest BCUT2D eigenvalue weighted by Gasteiger charge is -2.27. The second-order valence-electron chi connectivity index (χ2n) is 5.23. The van der Waals surface area contributed by atoms with Crippen molar-refractivity contribution in [2.24, 2.45) is 5.41 Å². The zero-order chi connectivity index (χ0) is 13.4. The fourth-order valence-electron chi connectivity index (χ4n) is 2.43. The standard InChI is InChI=1S/C14H18F3N/c1-3-18-12(13(2)8-9-13)10-6-4-5-7-11(10)14(15,16)17/h4-7,12,18H,3,8-9H2,1-2H3. The lowest BCUT2D eigenvalue weighted by Crippen LogP contribution is -2.30. The van der Waals surface area contributed by atoms with Gasteiger partial charge >= 0.3 is 6.18 Å². The van der Waals surface area contributed by atoms with Gasteiger partial charge in [-0.25, -0.2) is 0 Å². The van der Waals surface area contributed by atoms with Gasteiger partial charge in [0.05, 0.1) is 5.56 Å². The number of hydrogen-bond donors (Lipinski definition) is 1. The van der Waals surface area contributed by atoms with Gasteiger partial charge in [-0.15, -0.1) is 0 Å². The van der Waals surface area contributed by atoms with Gasteiger partial charge in [0.25, 0.3) is 0 Å². The van der Waals surface area contributed by atoms with Gasteiger partial charge in [0.2, 0.25) is 0 Å². The van der Waals surface area contributed by atoms with Gasteiger partial charge in [-0.3, -0.25) is 0 Å².